The number of aromatic nitrogens is 4. The predicted octanol–water partition coefficient (Wildman–Crippen LogP) is 2.46. The first-order valence-corrected chi connectivity index (χ1v) is 9.23. The van der Waals surface area contributed by atoms with Crippen molar-refractivity contribution in [3.05, 3.63) is 50.0 Å². The summed E-state index contributed by atoms with van der Waals surface area (Å²) in [5.74, 6) is -0.0167. The van der Waals surface area contributed by atoms with Crippen molar-refractivity contribution in [1.82, 2.24) is 24.5 Å². The number of piperidine rings is 1. The highest BCUT2D eigenvalue weighted by Gasteiger charge is 2.31. The van der Waals surface area contributed by atoms with Gasteiger partial charge in [-0.25, -0.2) is 14.5 Å². The van der Waals surface area contributed by atoms with Crippen LogP contribution in [0.25, 0.3) is 5.65 Å². The van der Waals surface area contributed by atoms with Crippen molar-refractivity contribution in [1.29, 1.82) is 0 Å². The Morgan fingerprint density at radius 2 is 2.16 bits per heavy atom. The second-order valence-electron chi connectivity index (χ2n) is 6.43. The Balaban J connectivity index is 1.75. The number of hydrogen-bond acceptors (Lipinski definition) is 5. The van der Waals surface area contributed by atoms with Gasteiger partial charge >= 0.3 is 0 Å². The Bertz CT molecular complexity index is 1000. The van der Waals surface area contributed by atoms with Crippen molar-refractivity contribution in [2.24, 2.45) is 0 Å². The van der Waals surface area contributed by atoms with Crippen LogP contribution in [0.5, 0.6) is 0 Å². The lowest BCUT2D eigenvalue weighted by atomic mass is 9.98. The number of fused-ring (bicyclic) bond motifs is 1. The standard InChI is InChI=1S/C17H19N5O2S/c1-10-7-14-19-12(8-15(23)22(14)20-10)13-5-3-4-6-21(13)17(24)16-11(2)18-9-25-16/h7-9,13,20H,3-6H2,1-2H3. The molecule has 1 fully saturated rings. The lowest BCUT2D eigenvalue weighted by molar-refractivity contribution is 0.0610. The number of rotatable bonds is 2. The minimum Gasteiger partial charge on any atom is -0.329 e. The molecule has 0 radical (unpaired) electrons. The number of aromatic amines is 1. The summed E-state index contributed by atoms with van der Waals surface area (Å²) in [5, 5.41) is 2.98. The average molecular weight is 357 g/mol. The van der Waals surface area contributed by atoms with Gasteiger partial charge in [0.25, 0.3) is 11.5 Å². The van der Waals surface area contributed by atoms with E-state index in [-0.39, 0.29) is 17.5 Å². The first-order valence-electron chi connectivity index (χ1n) is 8.35. The quantitative estimate of drug-likeness (QED) is 0.764. The number of H-pyrrole nitrogens is 1. The molecule has 3 aromatic rings. The third kappa shape index (κ3) is 2.76. The molecule has 1 amide bonds. The lowest BCUT2D eigenvalue weighted by Crippen LogP contribution is -2.39. The second-order valence-corrected chi connectivity index (χ2v) is 7.28. The number of carbonyl (C=O) groups is 1. The van der Waals surface area contributed by atoms with Crippen LogP contribution in [0.2, 0.25) is 0 Å². The molecule has 1 atom stereocenters. The molecule has 3 aromatic heterocycles. The molecule has 0 bridgehead atoms. The van der Waals surface area contributed by atoms with Gasteiger partial charge in [0.05, 0.1) is 22.9 Å². The summed E-state index contributed by atoms with van der Waals surface area (Å²) < 4.78 is 1.43. The van der Waals surface area contributed by atoms with Crippen LogP contribution in [0.15, 0.2) is 22.4 Å². The molecular weight excluding hydrogens is 338 g/mol. The third-order valence-corrected chi connectivity index (χ3v) is 5.56. The van der Waals surface area contributed by atoms with Crippen molar-refractivity contribution < 1.29 is 4.79 Å². The summed E-state index contributed by atoms with van der Waals surface area (Å²) in [7, 11) is 0. The van der Waals surface area contributed by atoms with Crippen LogP contribution < -0.4 is 5.56 Å². The van der Waals surface area contributed by atoms with Gasteiger partial charge in [-0.05, 0) is 33.1 Å². The first kappa shape index (κ1) is 16.0. The average Bonchev–Trinajstić information content (AvgIpc) is 3.19. The van der Waals surface area contributed by atoms with E-state index in [1.54, 1.807) is 11.6 Å². The topological polar surface area (TPSA) is 83.4 Å². The minimum absolute atomic E-state index is 0.0167. The Morgan fingerprint density at radius 1 is 1.32 bits per heavy atom. The largest absolute Gasteiger partial charge is 0.329 e. The van der Waals surface area contributed by atoms with E-state index in [1.165, 1.54) is 15.9 Å². The number of nitrogens with one attached hydrogen (secondary N) is 1. The fourth-order valence-corrected chi connectivity index (χ4v) is 4.18. The molecule has 0 aliphatic carbocycles. The normalized spacial score (nSPS) is 18.0. The zero-order valence-corrected chi connectivity index (χ0v) is 15.0. The molecule has 130 valence electrons. The number of hydrogen-bond donors (Lipinski definition) is 1. The fourth-order valence-electron chi connectivity index (χ4n) is 3.42. The second kappa shape index (κ2) is 6.11. The number of amides is 1. The van der Waals surface area contributed by atoms with Crippen LogP contribution in [0.4, 0.5) is 0 Å². The van der Waals surface area contributed by atoms with E-state index in [1.807, 2.05) is 24.8 Å². The van der Waals surface area contributed by atoms with E-state index in [9.17, 15) is 9.59 Å². The monoisotopic (exact) mass is 357 g/mol. The number of nitrogens with zero attached hydrogens (tertiary/aromatic N) is 4. The maximum atomic E-state index is 13.0. The molecule has 1 aliphatic rings. The molecule has 1 saturated heterocycles. The Hall–Kier alpha value is -2.48. The number of aryl methyl sites for hydroxylation is 2. The third-order valence-electron chi connectivity index (χ3n) is 4.64. The summed E-state index contributed by atoms with van der Waals surface area (Å²) in [4.78, 5) is 36.7. The van der Waals surface area contributed by atoms with E-state index in [4.69, 9.17) is 0 Å². The van der Waals surface area contributed by atoms with E-state index >= 15 is 0 Å². The van der Waals surface area contributed by atoms with Crippen molar-refractivity contribution in [3.63, 3.8) is 0 Å². The molecule has 0 spiro atoms. The van der Waals surface area contributed by atoms with Crippen LogP contribution in [0.1, 0.15) is 52.1 Å². The van der Waals surface area contributed by atoms with Crippen LogP contribution in [-0.4, -0.2) is 36.9 Å². The van der Waals surface area contributed by atoms with Gasteiger partial charge in [0, 0.05) is 24.4 Å². The molecular formula is C17H19N5O2S. The Kier molecular flexibility index (Phi) is 3.91. The molecule has 1 unspecified atom stereocenters. The van der Waals surface area contributed by atoms with Crippen molar-refractivity contribution >= 4 is 22.9 Å². The van der Waals surface area contributed by atoms with Gasteiger partial charge < -0.3 is 4.90 Å². The van der Waals surface area contributed by atoms with Gasteiger partial charge in [-0.15, -0.1) is 11.3 Å². The molecule has 4 rings (SSSR count). The molecule has 7 nitrogen and oxygen atoms in total. The summed E-state index contributed by atoms with van der Waals surface area (Å²) in [6.45, 7) is 4.41. The predicted molar refractivity (Wildman–Crippen MR) is 95.0 cm³/mol. The van der Waals surface area contributed by atoms with Crippen LogP contribution in [0.3, 0.4) is 0 Å². The van der Waals surface area contributed by atoms with Gasteiger partial charge in [-0.1, -0.05) is 0 Å². The van der Waals surface area contributed by atoms with Crippen molar-refractivity contribution in [2.45, 2.75) is 39.2 Å². The van der Waals surface area contributed by atoms with Crippen molar-refractivity contribution in [3.8, 4) is 0 Å². The van der Waals surface area contributed by atoms with Crippen molar-refractivity contribution in [2.75, 3.05) is 6.54 Å². The Labute approximate surface area is 148 Å². The zero-order chi connectivity index (χ0) is 17.6. The molecule has 4 heterocycles. The Morgan fingerprint density at radius 3 is 2.92 bits per heavy atom. The summed E-state index contributed by atoms with van der Waals surface area (Å²) in [5.41, 5.74) is 4.43. The van der Waals surface area contributed by atoms with Gasteiger partial charge in [0.1, 0.15) is 4.88 Å². The van der Waals surface area contributed by atoms with Crippen LogP contribution in [-0.2, 0) is 0 Å². The van der Waals surface area contributed by atoms with E-state index < -0.39 is 0 Å². The molecule has 0 aromatic carbocycles. The van der Waals surface area contributed by atoms with Gasteiger partial charge in [-0.2, -0.15) is 0 Å². The summed E-state index contributed by atoms with van der Waals surface area (Å²) in [6.07, 6.45) is 2.80. The highest BCUT2D eigenvalue weighted by Crippen LogP contribution is 2.32. The summed E-state index contributed by atoms with van der Waals surface area (Å²) in [6, 6.07) is 3.21. The van der Waals surface area contributed by atoms with Gasteiger partial charge in [0.15, 0.2) is 5.65 Å². The SMILES string of the molecule is Cc1cc2nc(C3CCCCN3C(=O)c3scnc3C)cc(=O)n2[nH]1. The number of carbonyl (C=O) groups excluding carboxylic acids is 1. The van der Waals surface area contributed by atoms with E-state index in [2.05, 4.69) is 15.1 Å². The van der Waals surface area contributed by atoms with Gasteiger partial charge in [0.2, 0.25) is 0 Å². The maximum Gasteiger partial charge on any atom is 0.272 e. The molecule has 1 N–H and O–H groups in total. The van der Waals surface area contributed by atoms with Gasteiger partial charge in [-0.3, -0.25) is 14.7 Å². The number of thiazole rings is 1. The molecule has 0 saturated carbocycles. The first-order chi connectivity index (χ1) is 12.0. The molecule has 25 heavy (non-hydrogen) atoms. The summed E-state index contributed by atoms with van der Waals surface area (Å²) >= 11 is 1.36. The van der Waals surface area contributed by atoms with E-state index in [0.717, 1.165) is 30.7 Å². The highest BCUT2D eigenvalue weighted by molar-refractivity contribution is 7.11. The highest BCUT2D eigenvalue weighted by atomic mass is 32.1. The smallest absolute Gasteiger partial charge is 0.272 e. The lowest BCUT2D eigenvalue weighted by Gasteiger charge is -2.35. The van der Waals surface area contributed by atoms with Crippen LogP contribution >= 0.6 is 11.3 Å². The molecule has 8 heteroatoms. The van der Waals surface area contributed by atoms with Crippen LogP contribution in [0, 0.1) is 13.8 Å². The molecule has 1 aliphatic heterocycles. The maximum absolute atomic E-state index is 13.0. The minimum atomic E-state index is -0.171. The van der Waals surface area contributed by atoms with E-state index in [0.29, 0.717) is 22.8 Å². The number of likely N-dealkylation sites (tertiary alicyclic amines) is 1. The fraction of sp³-hybridized carbons (Fsp3) is 0.412. The zero-order valence-electron chi connectivity index (χ0n) is 14.2.